The van der Waals surface area contributed by atoms with Gasteiger partial charge in [0.25, 0.3) is 0 Å². The molecule has 0 amide bonds. The Morgan fingerprint density at radius 3 is 2.50 bits per heavy atom. The number of hydrogen-bond donors (Lipinski definition) is 1. The molecule has 1 saturated carbocycles. The summed E-state index contributed by atoms with van der Waals surface area (Å²) < 4.78 is 2.17. The van der Waals surface area contributed by atoms with Crippen LogP contribution in [0.3, 0.4) is 0 Å². The van der Waals surface area contributed by atoms with Crippen LogP contribution in [0.15, 0.2) is 35.1 Å². The second-order valence-electron chi connectivity index (χ2n) is 7.68. The van der Waals surface area contributed by atoms with Crippen LogP contribution in [-0.2, 0) is 12.8 Å². The summed E-state index contributed by atoms with van der Waals surface area (Å²) in [6.45, 7) is 3.84. The standard InChI is InChI=1S/C22H27N5O/c1-15-19(16(2)24-22(28)23-15)13-14-20-25-21(17-9-5-3-6-10-17)26-27(20)18-11-7-4-8-12-18/h3,5-6,9-10,18H,4,7-8,11-14H2,1-2H3,(H,23,24,28). The maximum atomic E-state index is 11.6. The molecule has 0 bridgehead atoms. The molecule has 6 nitrogen and oxygen atoms in total. The quantitative estimate of drug-likeness (QED) is 0.731. The summed E-state index contributed by atoms with van der Waals surface area (Å²) in [5.41, 5.74) is 3.56. The van der Waals surface area contributed by atoms with Gasteiger partial charge in [-0.3, -0.25) is 0 Å². The Morgan fingerprint density at radius 2 is 1.79 bits per heavy atom. The Labute approximate surface area is 165 Å². The van der Waals surface area contributed by atoms with Gasteiger partial charge in [0.1, 0.15) is 5.82 Å². The van der Waals surface area contributed by atoms with Gasteiger partial charge in [-0.15, -0.1) is 0 Å². The Bertz CT molecular complexity index is 973. The monoisotopic (exact) mass is 377 g/mol. The Kier molecular flexibility index (Phi) is 5.37. The number of nitrogens with zero attached hydrogens (tertiary/aromatic N) is 4. The molecule has 3 aromatic rings. The van der Waals surface area contributed by atoms with Crippen LogP contribution in [0.2, 0.25) is 0 Å². The summed E-state index contributed by atoms with van der Waals surface area (Å²) in [4.78, 5) is 23.3. The average molecular weight is 377 g/mol. The van der Waals surface area contributed by atoms with Crippen LogP contribution in [-0.4, -0.2) is 24.7 Å². The van der Waals surface area contributed by atoms with E-state index in [1.165, 1.54) is 32.1 Å². The zero-order valence-electron chi connectivity index (χ0n) is 16.6. The summed E-state index contributed by atoms with van der Waals surface area (Å²) >= 11 is 0. The molecular weight excluding hydrogens is 350 g/mol. The normalized spacial score (nSPS) is 15.1. The van der Waals surface area contributed by atoms with E-state index < -0.39 is 0 Å². The molecule has 1 fully saturated rings. The van der Waals surface area contributed by atoms with Gasteiger partial charge in [0.05, 0.1) is 6.04 Å². The zero-order chi connectivity index (χ0) is 19.5. The van der Waals surface area contributed by atoms with Crippen molar-refractivity contribution in [2.24, 2.45) is 0 Å². The lowest BCUT2D eigenvalue weighted by atomic mass is 9.95. The van der Waals surface area contributed by atoms with Crippen LogP contribution >= 0.6 is 0 Å². The first-order valence-electron chi connectivity index (χ1n) is 10.2. The van der Waals surface area contributed by atoms with Gasteiger partial charge in [0.2, 0.25) is 0 Å². The first kappa shape index (κ1) is 18.6. The van der Waals surface area contributed by atoms with Gasteiger partial charge in [0, 0.05) is 23.4 Å². The molecule has 0 saturated heterocycles. The fourth-order valence-electron chi connectivity index (χ4n) is 4.21. The van der Waals surface area contributed by atoms with E-state index in [0.717, 1.165) is 47.0 Å². The molecule has 2 heterocycles. The highest BCUT2D eigenvalue weighted by atomic mass is 16.1. The Morgan fingerprint density at radius 1 is 1.04 bits per heavy atom. The largest absolute Gasteiger partial charge is 0.345 e. The number of H-pyrrole nitrogens is 1. The van der Waals surface area contributed by atoms with Crippen LogP contribution in [0, 0.1) is 13.8 Å². The molecule has 0 unspecified atom stereocenters. The van der Waals surface area contributed by atoms with Gasteiger partial charge >= 0.3 is 5.69 Å². The fourth-order valence-corrected chi connectivity index (χ4v) is 4.21. The summed E-state index contributed by atoms with van der Waals surface area (Å²) in [6.07, 6.45) is 7.74. The molecular formula is C22H27N5O. The molecule has 1 aromatic carbocycles. The van der Waals surface area contributed by atoms with Crippen molar-refractivity contribution in [1.29, 1.82) is 0 Å². The molecule has 28 heavy (non-hydrogen) atoms. The number of hydrogen-bond acceptors (Lipinski definition) is 4. The van der Waals surface area contributed by atoms with Crippen LogP contribution < -0.4 is 5.69 Å². The highest BCUT2D eigenvalue weighted by molar-refractivity contribution is 5.54. The predicted octanol–water partition coefficient (Wildman–Crippen LogP) is 3.94. The average Bonchev–Trinajstić information content (AvgIpc) is 3.13. The lowest BCUT2D eigenvalue weighted by molar-refractivity contribution is 0.321. The minimum Gasteiger partial charge on any atom is -0.310 e. The number of aryl methyl sites for hydroxylation is 3. The first-order chi connectivity index (χ1) is 13.6. The number of benzene rings is 1. The van der Waals surface area contributed by atoms with Crippen LogP contribution in [0.1, 0.15) is 60.9 Å². The van der Waals surface area contributed by atoms with E-state index in [1.54, 1.807) is 0 Å². The van der Waals surface area contributed by atoms with Gasteiger partial charge in [-0.25, -0.2) is 14.5 Å². The molecule has 1 N–H and O–H groups in total. The third-order valence-electron chi connectivity index (χ3n) is 5.71. The summed E-state index contributed by atoms with van der Waals surface area (Å²) in [7, 11) is 0. The highest BCUT2D eigenvalue weighted by Gasteiger charge is 2.22. The fraction of sp³-hybridized carbons (Fsp3) is 0.455. The Balaban J connectivity index is 1.65. The van der Waals surface area contributed by atoms with E-state index in [2.05, 4.69) is 26.8 Å². The molecule has 2 aromatic heterocycles. The Hall–Kier alpha value is -2.76. The van der Waals surface area contributed by atoms with Gasteiger partial charge in [-0.2, -0.15) is 10.1 Å². The lowest BCUT2D eigenvalue weighted by Crippen LogP contribution is -2.19. The maximum Gasteiger partial charge on any atom is 0.345 e. The van der Waals surface area contributed by atoms with Crippen molar-refractivity contribution in [3.05, 3.63) is 63.6 Å². The SMILES string of the molecule is Cc1nc(=O)[nH]c(C)c1CCc1nc(-c2ccccc2)nn1C1CCCCC1. The van der Waals surface area contributed by atoms with Crippen molar-refractivity contribution in [3.8, 4) is 11.4 Å². The van der Waals surface area contributed by atoms with Crippen LogP contribution in [0.4, 0.5) is 0 Å². The molecule has 1 aliphatic carbocycles. The smallest absolute Gasteiger partial charge is 0.310 e. The van der Waals surface area contributed by atoms with Gasteiger partial charge < -0.3 is 4.98 Å². The number of aromatic amines is 1. The minimum absolute atomic E-state index is 0.282. The first-order valence-corrected chi connectivity index (χ1v) is 10.2. The molecule has 0 aliphatic heterocycles. The molecule has 6 heteroatoms. The van der Waals surface area contributed by atoms with Crippen molar-refractivity contribution in [2.75, 3.05) is 0 Å². The van der Waals surface area contributed by atoms with Crippen LogP contribution in [0.5, 0.6) is 0 Å². The number of aromatic nitrogens is 5. The van der Waals surface area contributed by atoms with E-state index in [1.807, 2.05) is 32.0 Å². The van der Waals surface area contributed by atoms with Crippen molar-refractivity contribution in [2.45, 2.75) is 64.8 Å². The third kappa shape index (κ3) is 3.91. The van der Waals surface area contributed by atoms with Crippen molar-refractivity contribution in [3.63, 3.8) is 0 Å². The second-order valence-corrected chi connectivity index (χ2v) is 7.68. The second kappa shape index (κ2) is 8.09. The summed E-state index contributed by atoms with van der Waals surface area (Å²) in [5.74, 6) is 1.82. The third-order valence-corrected chi connectivity index (χ3v) is 5.71. The summed E-state index contributed by atoms with van der Waals surface area (Å²) in [5, 5.41) is 4.91. The van der Waals surface area contributed by atoms with Crippen LogP contribution in [0.25, 0.3) is 11.4 Å². The number of nitrogens with one attached hydrogen (secondary N) is 1. The lowest BCUT2D eigenvalue weighted by Gasteiger charge is -2.23. The molecule has 1 aliphatic rings. The van der Waals surface area contributed by atoms with E-state index in [0.29, 0.717) is 6.04 Å². The van der Waals surface area contributed by atoms with E-state index in [9.17, 15) is 4.79 Å². The number of rotatable bonds is 5. The van der Waals surface area contributed by atoms with Crippen molar-refractivity contribution < 1.29 is 0 Å². The van der Waals surface area contributed by atoms with E-state index in [-0.39, 0.29) is 5.69 Å². The van der Waals surface area contributed by atoms with E-state index in [4.69, 9.17) is 10.1 Å². The molecule has 0 radical (unpaired) electrons. The molecule has 0 spiro atoms. The summed E-state index contributed by atoms with van der Waals surface area (Å²) in [6, 6.07) is 10.6. The zero-order valence-corrected chi connectivity index (χ0v) is 16.6. The highest BCUT2D eigenvalue weighted by Crippen LogP contribution is 2.30. The van der Waals surface area contributed by atoms with Crippen molar-refractivity contribution in [1.82, 2.24) is 24.7 Å². The van der Waals surface area contributed by atoms with Gasteiger partial charge in [-0.05, 0) is 38.7 Å². The molecule has 0 atom stereocenters. The van der Waals surface area contributed by atoms with Crippen molar-refractivity contribution >= 4 is 0 Å². The minimum atomic E-state index is -0.282. The molecule has 146 valence electrons. The molecule has 4 rings (SSSR count). The van der Waals surface area contributed by atoms with Gasteiger partial charge in [0.15, 0.2) is 5.82 Å². The van der Waals surface area contributed by atoms with Gasteiger partial charge in [-0.1, -0.05) is 49.6 Å². The predicted molar refractivity (Wildman–Crippen MR) is 109 cm³/mol. The van der Waals surface area contributed by atoms with E-state index >= 15 is 0 Å². The topological polar surface area (TPSA) is 76.5 Å². The maximum absolute atomic E-state index is 11.6.